The normalized spacial score (nSPS) is 12.2. The Morgan fingerprint density at radius 3 is 2.37 bits per heavy atom. The maximum Gasteiger partial charge on any atom is 0.254 e. The molecule has 2 aromatic carbocycles. The number of methoxy groups -OCH3 is 2. The molecule has 1 heterocycles. The Balaban J connectivity index is 1.80. The Morgan fingerprint density at radius 2 is 1.73 bits per heavy atom. The molecule has 0 fully saturated rings. The number of rotatable bonds is 14. The first-order valence-electron chi connectivity index (χ1n) is 14.5. The van der Waals surface area contributed by atoms with Gasteiger partial charge in [-0.3, -0.25) is 9.59 Å². The van der Waals surface area contributed by atoms with Crippen LogP contribution in [0.5, 0.6) is 5.75 Å². The van der Waals surface area contributed by atoms with Gasteiger partial charge in [-0.15, -0.1) is 0 Å². The number of hydrogen-bond donors (Lipinski definition) is 0. The Kier molecular flexibility index (Phi) is 11.6. The predicted molar refractivity (Wildman–Crippen MR) is 164 cm³/mol. The fourth-order valence-electron chi connectivity index (χ4n) is 4.80. The average molecular weight is 562 g/mol. The molecule has 0 aliphatic rings. The first-order chi connectivity index (χ1) is 19.6. The lowest BCUT2D eigenvalue weighted by molar-refractivity contribution is -0.134. The van der Waals surface area contributed by atoms with E-state index in [2.05, 4.69) is 51.3 Å². The van der Waals surface area contributed by atoms with Gasteiger partial charge in [-0.25, -0.2) is 0 Å². The molecule has 1 unspecified atom stereocenters. The van der Waals surface area contributed by atoms with Crippen molar-refractivity contribution in [3.63, 3.8) is 0 Å². The number of ether oxygens (including phenoxy) is 2. The van der Waals surface area contributed by atoms with Crippen molar-refractivity contribution in [2.45, 2.75) is 72.0 Å². The molecule has 0 bridgehead atoms. The summed E-state index contributed by atoms with van der Waals surface area (Å²) in [4.78, 5) is 31.1. The average Bonchev–Trinajstić information content (AvgIpc) is 3.40. The van der Waals surface area contributed by atoms with E-state index in [1.165, 1.54) is 0 Å². The highest BCUT2D eigenvalue weighted by Gasteiger charge is 2.26. The van der Waals surface area contributed by atoms with Gasteiger partial charge in [0, 0.05) is 50.3 Å². The summed E-state index contributed by atoms with van der Waals surface area (Å²) in [5.74, 6) is 0.616. The van der Waals surface area contributed by atoms with Crippen LogP contribution in [-0.4, -0.2) is 66.1 Å². The van der Waals surface area contributed by atoms with E-state index in [0.29, 0.717) is 38.2 Å². The van der Waals surface area contributed by atoms with Crippen LogP contribution in [0, 0.1) is 0 Å². The van der Waals surface area contributed by atoms with Crippen LogP contribution in [-0.2, 0) is 28.0 Å². The molecule has 2 amide bonds. The number of amides is 2. The highest BCUT2D eigenvalue weighted by Crippen LogP contribution is 2.23. The molecule has 7 nitrogen and oxygen atoms in total. The van der Waals surface area contributed by atoms with Crippen molar-refractivity contribution in [2.75, 3.05) is 33.9 Å². The van der Waals surface area contributed by atoms with Crippen LogP contribution in [0.4, 0.5) is 0 Å². The predicted octanol–water partition coefficient (Wildman–Crippen LogP) is 6.15. The summed E-state index contributed by atoms with van der Waals surface area (Å²) in [7, 11) is 3.31. The van der Waals surface area contributed by atoms with E-state index in [1.54, 1.807) is 19.1 Å². The van der Waals surface area contributed by atoms with E-state index in [9.17, 15) is 9.59 Å². The van der Waals surface area contributed by atoms with Gasteiger partial charge < -0.3 is 23.8 Å². The topological polar surface area (TPSA) is 64.0 Å². The molecule has 0 radical (unpaired) electrons. The second-order valence-electron chi connectivity index (χ2n) is 11.7. The standard InChI is InChI=1S/C34H47N3O4/c1-8-26(2)37(24-30-13-10-19-35(30)23-27-12-9-14-31(22-27)41-7)32(38)25-36(20-11-21-40-6)33(39)28-15-17-29(18-16-28)34(3,4)5/h9-10,12-19,22,26H,8,11,20-21,23-25H2,1-7H3. The molecule has 0 aliphatic heterocycles. The number of nitrogens with zero attached hydrogens (tertiary/aromatic N) is 3. The van der Waals surface area contributed by atoms with E-state index < -0.39 is 0 Å². The second-order valence-corrected chi connectivity index (χ2v) is 11.7. The third kappa shape index (κ3) is 8.95. The summed E-state index contributed by atoms with van der Waals surface area (Å²) < 4.78 is 12.8. The molecular formula is C34H47N3O4. The lowest BCUT2D eigenvalue weighted by Gasteiger charge is -2.32. The van der Waals surface area contributed by atoms with E-state index in [4.69, 9.17) is 9.47 Å². The van der Waals surface area contributed by atoms with Crippen LogP contribution in [0.15, 0.2) is 66.9 Å². The van der Waals surface area contributed by atoms with Gasteiger partial charge >= 0.3 is 0 Å². The van der Waals surface area contributed by atoms with Gasteiger partial charge in [0.15, 0.2) is 0 Å². The number of carbonyl (C=O) groups is 2. The fourth-order valence-corrected chi connectivity index (χ4v) is 4.80. The van der Waals surface area contributed by atoms with Crippen molar-refractivity contribution in [1.29, 1.82) is 0 Å². The highest BCUT2D eigenvalue weighted by atomic mass is 16.5. The summed E-state index contributed by atoms with van der Waals surface area (Å²) in [6, 6.07) is 19.8. The summed E-state index contributed by atoms with van der Waals surface area (Å²) in [6.07, 6.45) is 3.51. The number of hydrogen-bond acceptors (Lipinski definition) is 4. The Labute approximate surface area is 246 Å². The molecule has 0 spiro atoms. The van der Waals surface area contributed by atoms with Crippen LogP contribution in [0.2, 0.25) is 0 Å². The zero-order valence-corrected chi connectivity index (χ0v) is 25.9. The molecule has 3 rings (SSSR count). The Hall–Kier alpha value is -3.58. The minimum absolute atomic E-state index is 0.00324. The minimum Gasteiger partial charge on any atom is -0.497 e. The third-order valence-electron chi connectivity index (χ3n) is 7.57. The van der Waals surface area contributed by atoms with Crippen LogP contribution < -0.4 is 4.74 Å². The lowest BCUT2D eigenvalue weighted by atomic mass is 9.86. The van der Waals surface area contributed by atoms with Crippen molar-refractivity contribution < 1.29 is 19.1 Å². The van der Waals surface area contributed by atoms with Gasteiger partial charge in [0.2, 0.25) is 5.91 Å². The SMILES string of the molecule is CCC(C)N(Cc1cccn1Cc1cccc(OC)c1)C(=O)CN(CCCOC)C(=O)c1ccc(C(C)(C)C)cc1. The fraction of sp³-hybridized carbons (Fsp3) is 0.471. The second kappa shape index (κ2) is 14.9. The van der Waals surface area contributed by atoms with Crippen LogP contribution >= 0.6 is 0 Å². The maximum atomic E-state index is 13.9. The summed E-state index contributed by atoms with van der Waals surface area (Å²) in [5, 5.41) is 0. The first-order valence-corrected chi connectivity index (χ1v) is 14.5. The maximum absolute atomic E-state index is 13.9. The smallest absolute Gasteiger partial charge is 0.254 e. The molecule has 0 N–H and O–H groups in total. The third-order valence-corrected chi connectivity index (χ3v) is 7.57. The van der Waals surface area contributed by atoms with E-state index >= 15 is 0 Å². The van der Waals surface area contributed by atoms with Gasteiger partial charge in [0.25, 0.3) is 5.91 Å². The van der Waals surface area contributed by atoms with E-state index in [1.807, 2.05) is 59.6 Å². The summed E-state index contributed by atoms with van der Waals surface area (Å²) >= 11 is 0. The summed E-state index contributed by atoms with van der Waals surface area (Å²) in [5.41, 5.74) is 3.91. The molecule has 1 atom stereocenters. The zero-order valence-electron chi connectivity index (χ0n) is 25.9. The quantitative estimate of drug-likeness (QED) is 0.222. The number of aromatic nitrogens is 1. The molecule has 0 aliphatic carbocycles. The van der Waals surface area contributed by atoms with E-state index in [-0.39, 0.29) is 29.8 Å². The minimum atomic E-state index is -0.139. The van der Waals surface area contributed by atoms with Crippen molar-refractivity contribution in [3.05, 3.63) is 89.2 Å². The van der Waals surface area contributed by atoms with Crippen molar-refractivity contribution in [1.82, 2.24) is 14.4 Å². The van der Waals surface area contributed by atoms with Crippen LogP contribution in [0.1, 0.15) is 74.6 Å². The van der Waals surface area contributed by atoms with Gasteiger partial charge in [-0.05, 0) is 72.7 Å². The monoisotopic (exact) mass is 561 g/mol. The van der Waals surface area contributed by atoms with E-state index in [0.717, 1.165) is 29.0 Å². The zero-order chi connectivity index (χ0) is 30.0. The first kappa shape index (κ1) is 31.9. The molecule has 1 aromatic heterocycles. The number of benzene rings is 2. The van der Waals surface area contributed by atoms with Crippen LogP contribution in [0.25, 0.3) is 0 Å². The Bertz CT molecular complexity index is 1260. The molecule has 41 heavy (non-hydrogen) atoms. The molecule has 222 valence electrons. The van der Waals surface area contributed by atoms with Crippen molar-refractivity contribution >= 4 is 11.8 Å². The summed E-state index contributed by atoms with van der Waals surface area (Å²) in [6.45, 7) is 12.7. The lowest BCUT2D eigenvalue weighted by Crippen LogP contribution is -2.46. The number of carbonyl (C=O) groups excluding carboxylic acids is 2. The Morgan fingerprint density at radius 1 is 1.00 bits per heavy atom. The van der Waals surface area contributed by atoms with Crippen molar-refractivity contribution in [2.24, 2.45) is 0 Å². The molecule has 3 aromatic rings. The van der Waals surface area contributed by atoms with Gasteiger partial charge in [-0.1, -0.05) is 52.0 Å². The molecular weight excluding hydrogens is 514 g/mol. The van der Waals surface area contributed by atoms with Gasteiger partial charge in [-0.2, -0.15) is 0 Å². The molecule has 0 saturated heterocycles. The molecule has 0 saturated carbocycles. The van der Waals surface area contributed by atoms with Crippen molar-refractivity contribution in [3.8, 4) is 5.75 Å². The van der Waals surface area contributed by atoms with Gasteiger partial charge in [0.05, 0.1) is 13.7 Å². The largest absolute Gasteiger partial charge is 0.497 e. The molecule has 7 heteroatoms. The van der Waals surface area contributed by atoms with Crippen LogP contribution in [0.3, 0.4) is 0 Å². The van der Waals surface area contributed by atoms with Gasteiger partial charge in [0.1, 0.15) is 12.3 Å². The highest BCUT2D eigenvalue weighted by molar-refractivity contribution is 5.96.